The normalized spacial score (nSPS) is 15.1. The number of alkyl carbamates (subject to hydrolysis) is 1. The Morgan fingerprint density at radius 3 is 2.36 bits per heavy atom. The third-order valence-electron chi connectivity index (χ3n) is 4.33. The number of rotatable bonds is 3. The Morgan fingerprint density at radius 1 is 1.12 bits per heavy atom. The molecule has 0 spiro atoms. The molecule has 1 fully saturated rings. The van der Waals surface area contributed by atoms with E-state index in [0.29, 0.717) is 13.1 Å². The second kappa shape index (κ2) is 7.76. The Hall–Kier alpha value is -2.24. The van der Waals surface area contributed by atoms with E-state index in [1.807, 2.05) is 0 Å². The van der Waals surface area contributed by atoms with Crippen molar-refractivity contribution >= 4 is 17.7 Å². The van der Waals surface area contributed by atoms with Crippen molar-refractivity contribution in [2.24, 2.45) is 0 Å². The molecule has 1 saturated heterocycles. The van der Waals surface area contributed by atoms with E-state index < -0.39 is 11.7 Å². The summed E-state index contributed by atoms with van der Waals surface area (Å²) >= 11 is 0. The van der Waals surface area contributed by atoms with Crippen LogP contribution in [0.15, 0.2) is 18.2 Å². The standard InChI is InChI=1S/C19H29N3O3/c1-14-7-6-8-16(15(14)2)21-9-11-22(12-10-21)17(23)13-20-18(24)25-19(3,4)5/h6-8H,9-13H2,1-5H3,(H,20,24). The van der Waals surface area contributed by atoms with E-state index in [-0.39, 0.29) is 12.5 Å². The third-order valence-corrected chi connectivity index (χ3v) is 4.33. The van der Waals surface area contributed by atoms with Gasteiger partial charge in [-0.2, -0.15) is 0 Å². The summed E-state index contributed by atoms with van der Waals surface area (Å²) < 4.78 is 5.15. The van der Waals surface area contributed by atoms with Crippen LogP contribution in [-0.4, -0.2) is 55.2 Å². The number of piperazine rings is 1. The number of aryl methyl sites for hydroxylation is 1. The van der Waals surface area contributed by atoms with Gasteiger partial charge in [-0.25, -0.2) is 4.79 Å². The zero-order chi connectivity index (χ0) is 18.6. The smallest absolute Gasteiger partial charge is 0.408 e. The van der Waals surface area contributed by atoms with Gasteiger partial charge in [0.25, 0.3) is 0 Å². The molecule has 1 aliphatic rings. The summed E-state index contributed by atoms with van der Waals surface area (Å²) in [6.07, 6.45) is -0.560. The molecule has 0 aliphatic carbocycles. The van der Waals surface area contributed by atoms with Crippen LogP contribution in [0, 0.1) is 13.8 Å². The van der Waals surface area contributed by atoms with Crippen LogP contribution in [0.25, 0.3) is 0 Å². The lowest BCUT2D eigenvalue weighted by Crippen LogP contribution is -2.51. The van der Waals surface area contributed by atoms with Gasteiger partial charge in [-0.1, -0.05) is 12.1 Å². The second-order valence-electron chi connectivity index (χ2n) is 7.44. The molecule has 0 radical (unpaired) electrons. The summed E-state index contributed by atoms with van der Waals surface area (Å²) in [7, 11) is 0. The van der Waals surface area contributed by atoms with Gasteiger partial charge in [-0.05, 0) is 51.8 Å². The number of hydrogen-bond acceptors (Lipinski definition) is 4. The van der Waals surface area contributed by atoms with Crippen molar-refractivity contribution in [2.75, 3.05) is 37.6 Å². The van der Waals surface area contributed by atoms with E-state index in [1.54, 1.807) is 25.7 Å². The number of benzene rings is 1. The maximum atomic E-state index is 12.3. The molecular weight excluding hydrogens is 318 g/mol. The Balaban J connectivity index is 1.82. The first-order valence-corrected chi connectivity index (χ1v) is 8.73. The molecule has 1 aromatic carbocycles. The first-order valence-electron chi connectivity index (χ1n) is 8.73. The van der Waals surface area contributed by atoms with Gasteiger partial charge in [0.1, 0.15) is 12.1 Å². The van der Waals surface area contributed by atoms with Crippen molar-refractivity contribution < 1.29 is 14.3 Å². The molecule has 0 aromatic heterocycles. The van der Waals surface area contributed by atoms with Gasteiger partial charge < -0.3 is 19.9 Å². The highest BCUT2D eigenvalue weighted by Crippen LogP contribution is 2.23. The van der Waals surface area contributed by atoms with Gasteiger partial charge in [-0.3, -0.25) is 4.79 Å². The fraction of sp³-hybridized carbons (Fsp3) is 0.579. The number of carbonyl (C=O) groups is 2. The monoisotopic (exact) mass is 347 g/mol. The fourth-order valence-corrected chi connectivity index (χ4v) is 2.85. The van der Waals surface area contributed by atoms with Crippen LogP contribution in [-0.2, 0) is 9.53 Å². The lowest BCUT2D eigenvalue weighted by atomic mass is 10.1. The van der Waals surface area contributed by atoms with Crippen molar-refractivity contribution in [3.8, 4) is 0 Å². The molecule has 1 aliphatic heterocycles. The molecule has 1 heterocycles. The van der Waals surface area contributed by atoms with Crippen LogP contribution in [0.1, 0.15) is 31.9 Å². The van der Waals surface area contributed by atoms with Crippen molar-refractivity contribution in [3.63, 3.8) is 0 Å². The third kappa shape index (κ3) is 5.37. The minimum Gasteiger partial charge on any atom is -0.444 e. The molecule has 6 heteroatoms. The predicted octanol–water partition coefficient (Wildman–Crippen LogP) is 2.48. The molecule has 1 aromatic rings. The summed E-state index contributed by atoms with van der Waals surface area (Å²) in [4.78, 5) is 28.0. The topological polar surface area (TPSA) is 61.9 Å². The van der Waals surface area contributed by atoms with Gasteiger partial charge in [0, 0.05) is 31.9 Å². The lowest BCUT2D eigenvalue weighted by Gasteiger charge is -2.37. The molecule has 0 bridgehead atoms. The maximum absolute atomic E-state index is 12.3. The number of hydrogen-bond donors (Lipinski definition) is 1. The maximum Gasteiger partial charge on any atom is 0.408 e. The molecule has 2 rings (SSSR count). The molecule has 0 atom stereocenters. The molecule has 6 nitrogen and oxygen atoms in total. The molecular formula is C19H29N3O3. The van der Waals surface area contributed by atoms with E-state index in [9.17, 15) is 9.59 Å². The molecule has 138 valence electrons. The summed E-state index contributed by atoms with van der Waals surface area (Å²) in [5.74, 6) is -0.0773. The van der Waals surface area contributed by atoms with Crippen LogP contribution in [0.3, 0.4) is 0 Å². The van der Waals surface area contributed by atoms with Crippen LogP contribution < -0.4 is 10.2 Å². The van der Waals surface area contributed by atoms with Gasteiger partial charge in [-0.15, -0.1) is 0 Å². The molecule has 2 amide bonds. The number of nitrogens with zero attached hydrogens (tertiary/aromatic N) is 2. The lowest BCUT2D eigenvalue weighted by molar-refractivity contribution is -0.130. The molecule has 25 heavy (non-hydrogen) atoms. The summed E-state index contributed by atoms with van der Waals surface area (Å²) in [5, 5.41) is 2.53. The Kier molecular flexibility index (Phi) is 5.93. The van der Waals surface area contributed by atoms with Crippen molar-refractivity contribution in [1.29, 1.82) is 0 Å². The highest BCUT2D eigenvalue weighted by molar-refractivity contribution is 5.82. The van der Waals surface area contributed by atoms with E-state index >= 15 is 0 Å². The summed E-state index contributed by atoms with van der Waals surface area (Å²) in [6.45, 7) is 12.5. The minimum absolute atomic E-state index is 0.0294. The van der Waals surface area contributed by atoms with E-state index in [4.69, 9.17) is 4.74 Å². The van der Waals surface area contributed by atoms with Crippen molar-refractivity contribution in [1.82, 2.24) is 10.2 Å². The minimum atomic E-state index is -0.565. The van der Waals surface area contributed by atoms with E-state index in [2.05, 4.69) is 42.3 Å². The first kappa shape index (κ1) is 19.1. The zero-order valence-corrected chi connectivity index (χ0v) is 15.9. The first-order chi connectivity index (χ1) is 11.7. The summed E-state index contributed by atoms with van der Waals surface area (Å²) in [5.41, 5.74) is 3.23. The Bertz CT molecular complexity index is 629. The number of amides is 2. The van der Waals surface area contributed by atoms with Crippen LogP contribution >= 0.6 is 0 Å². The van der Waals surface area contributed by atoms with Crippen LogP contribution in [0.4, 0.5) is 10.5 Å². The Labute approximate surface area is 150 Å². The van der Waals surface area contributed by atoms with Crippen LogP contribution in [0.5, 0.6) is 0 Å². The molecule has 0 unspecified atom stereocenters. The number of nitrogens with one attached hydrogen (secondary N) is 1. The largest absolute Gasteiger partial charge is 0.444 e. The highest BCUT2D eigenvalue weighted by Gasteiger charge is 2.23. The number of ether oxygens (including phenoxy) is 1. The SMILES string of the molecule is Cc1cccc(N2CCN(C(=O)CNC(=O)OC(C)(C)C)CC2)c1C. The van der Waals surface area contributed by atoms with Gasteiger partial charge in [0.05, 0.1) is 0 Å². The zero-order valence-electron chi connectivity index (χ0n) is 15.9. The van der Waals surface area contributed by atoms with Crippen molar-refractivity contribution in [2.45, 2.75) is 40.2 Å². The Morgan fingerprint density at radius 2 is 1.76 bits per heavy atom. The quantitative estimate of drug-likeness (QED) is 0.912. The van der Waals surface area contributed by atoms with Crippen LogP contribution in [0.2, 0.25) is 0 Å². The van der Waals surface area contributed by atoms with Gasteiger partial charge in [0.15, 0.2) is 0 Å². The predicted molar refractivity (Wildman–Crippen MR) is 98.9 cm³/mol. The number of anilines is 1. The second-order valence-corrected chi connectivity index (χ2v) is 7.44. The molecule has 0 saturated carbocycles. The van der Waals surface area contributed by atoms with E-state index in [1.165, 1.54) is 16.8 Å². The average molecular weight is 347 g/mol. The van der Waals surface area contributed by atoms with Crippen molar-refractivity contribution in [3.05, 3.63) is 29.3 Å². The fourth-order valence-electron chi connectivity index (χ4n) is 2.85. The van der Waals surface area contributed by atoms with E-state index in [0.717, 1.165) is 13.1 Å². The number of carbonyl (C=O) groups excluding carboxylic acids is 2. The van der Waals surface area contributed by atoms with Gasteiger partial charge in [0.2, 0.25) is 5.91 Å². The summed E-state index contributed by atoms with van der Waals surface area (Å²) in [6, 6.07) is 6.31. The highest BCUT2D eigenvalue weighted by atomic mass is 16.6. The molecule has 1 N–H and O–H groups in total. The average Bonchev–Trinajstić information content (AvgIpc) is 2.54. The van der Waals surface area contributed by atoms with Gasteiger partial charge >= 0.3 is 6.09 Å².